The first-order valence-corrected chi connectivity index (χ1v) is 10.0. The molecule has 1 amide bonds. The van der Waals surface area contributed by atoms with Gasteiger partial charge in [-0.15, -0.1) is 0 Å². The number of aliphatic hydroxyl groups excluding tert-OH is 1. The lowest BCUT2D eigenvalue weighted by molar-refractivity contribution is -0.137. The Kier molecular flexibility index (Phi) is 5.43. The molecule has 1 heterocycles. The van der Waals surface area contributed by atoms with Gasteiger partial charge in [0.05, 0.1) is 29.4 Å². The molecule has 8 heteroatoms. The highest BCUT2D eigenvalue weighted by atomic mass is 19.4. The summed E-state index contributed by atoms with van der Waals surface area (Å²) in [5, 5.41) is 13.2. The summed E-state index contributed by atoms with van der Waals surface area (Å²) in [7, 11) is 0. The molecule has 1 saturated carbocycles. The lowest BCUT2D eigenvalue weighted by Gasteiger charge is -2.40. The molecule has 3 N–H and O–H groups in total. The Morgan fingerprint density at radius 2 is 1.94 bits per heavy atom. The first kappa shape index (κ1) is 21.2. The van der Waals surface area contributed by atoms with E-state index in [9.17, 15) is 23.1 Å². The molecule has 5 nitrogen and oxygen atoms in total. The number of hydrogen-bond acceptors (Lipinski definition) is 3. The fourth-order valence-corrected chi connectivity index (χ4v) is 3.88. The van der Waals surface area contributed by atoms with Gasteiger partial charge in [-0.3, -0.25) is 4.79 Å². The number of carbonyl (C=O) groups excluding carboxylic acids is 1. The summed E-state index contributed by atoms with van der Waals surface area (Å²) in [5.41, 5.74) is 0.980. The van der Waals surface area contributed by atoms with Crippen LogP contribution in [0.1, 0.15) is 30.9 Å². The van der Waals surface area contributed by atoms with E-state index in [4.69, 9.17) is 4.74 Å². The number of rotatable bonds is 6. The fraction of sp³-hybridized carbons (Fsp3) is 0.348. The Bertz CT molecular complexity index is 1080. The van der Waals surface area contributed by atoms with E-state index < -0.39 is 23.3 Å². The number of H-pyrrole nitrogens is 1. The van der Waals surface area contributed by atoms with Crippen LogP contribution in [0.25, 0.3) is 10.9 Å². The van der Waals surface area contributed by atoms with Crippen molar-refractivity contribution in [1.82, 2.24) is 4.98 Å². The molecule has 1 aliphatic carbocycles. The molecule has 0 saturated heterocycles. The minimum absolute atomic E-state index is 0.132. The summed E-state index contributed by atoms with van der Waals surface area (Å²) in [6.45, 7) is 2.14. The number of halogens is 3. The number of hydrogen-bond donors (Lipinski definition) is 3. The zero-order chi connectivity index (χ0) is 22.2. The van der Waals surface area contributed by atoms with Crippen molar-refractivity contribution < 1.29 is 27.8 Å². The molecule has 1 aliphatic rings. The smallest absolute Gasteiger partial charge is 0.416 e. The Labute approximate surface area is 177 Å². The van der Waals surface area contributed by atoms with Gasteiger partial charge < -0.3 is 20.1 Å². The number of anilines is 1. The van der Waals surface area contributed by atoms with Crippen molar-refractivity contribution in [2.45, 2.75) is 38.5 Å². The van der Waals surface area contributed by atoms with Crippen LogP contribution in [0.15, 0.2) is 48.7 Å². The van der Waals surface area contributed by atoms with Crippen molar-refractivity contribution in [1.29, 1.82) is 0 Å². The van der Waals surface area contributed by atoms with E-state index in [1.54, 1.807) is 12.3 Å². The van der Waals surface area contributed by atoms with E-state index in [2.05, 4.69) is 10.3 Å². The van der Waals surface area contributed by atoms with Crippen molar-refractivity contribution in [3.63, 3.8) is 0 Å². The van der Waals surface area contributed by atoms with Crippen LogP contribution >= 0.6 is 0 Å². The van der Waals surface area contributed by atoms with Gasteiger partial charge in [0.15, 0.2) is 0 Å². The SMILES string of the molecule is CC1(C(=O)Nc2c[nH]c3ccc(OCCc4ccc(C(F)(F)F)cc4)cc23)CC(O)C1. The maximum Gasteiger partial charge on any atom is 0.416 e. The molecule has 1 fully saturated rings. The van der Waals surface area contributed by atoms with Crippen LogP contribution in [0.3, 0.4) is 0 Å². The molecule has 0 spiro atoms. The van der Waals surface area contributed by atoms with Gasteiger partial charge >= 0.3 is 6.18 Å². The second kappa shape index (κ2) is 7.92. The number of carbonyl (C=O) groups is 1. The standard InChI is InChI=1S/C23H23F3N2O3/c1-22(11-16(29)12-22)21(30)28-20-13-27-19-7-6-17(10-18(19)20)31-9-8-14-2-4-15(5-3-14)23(24,25)26/h2-7,10,13,16,27,29H,8-9,11-12H2,1H3,(H,28,30). The summed E-state index contributed by atoms with van der Waals surface area (Å²) < 4.78 is 43.7. The highest BCUT2D eigenvalue weighted by Gasteiger charge is 2.45. The number of ether oxygens (including phenoxy) is 1. The average Bonchev–Trinajstić information content (AvgIpc) is 3.09. The van der Waals surface area contributed by atoms with Crippen molar-refractivity contribution >= 4 is 22.5 Å². The quantitative estimate of drug-likeness (QED) is 0.518. The number of nitrogens with one attached hydrogen (secondary N) is 2. The minimum atomic E-state index is -4.34. The molecule has 1 aromatic heterocycles. The zero-order valence-corrected chi connectivity index (χ0v) is 16.9. The first-order valence-electron chi connectivity index (χ1n) is 10.0. The normalized spacial score (nSPS) is 21.0. The Morgan fingerprint density at radius 3 is 2.58 bits per heavy atom. The number of fused-ring (bicyclic) bond motifs is 1. The van der Waals surface area contributed by atoms with Gasteiger partial charge in [-0.25, -0.2) is 0 Å². The maximum atomic E-state index is 12.6. The van der Waals surface area contributed by atoms with E-state index >= 15 is 0 Å². The fourth-order valence-electron chi connectivity index (χ4n) is 3.88. The third-order valence-corrected chi connectivity index (χ3v) is 5.76. The zero-order valence-electron chi connectivity index (χ0n) is 16.9. The monoisotopic (exact) mass is 432 g/mol. The van der Waals surface area contributed by atoms with E-state index in [0.717, 1.165) is 28.6 Å². The highest BCUT2D eigenvalue weighted by Crippen LogP contribution is 2.42. The van der Waals surface area contributed by atoms with Crippen LogP contribution < -0.4 is 10.1 Å². The van der Waals surface area contributed by atoms with Gasteiger partial charge in [0, 0.05) is 23.5 Å². The molecule has 4 rings (SSSR count). The molecular formula is C23H23F3N2O3. The van der Waals surface area contributed by atoms with Crippen LogP contribution in [0.5, 0.6) is 5.75 Å². The van der Waals surface area contributed by atoms with Gasteiger partial charge in [0.1, 0.15) is 5.75 Å². The van der Waals surface area contributed by atoms with Gasteiger partial charge in [0.2, 0.25) is 5.91 Å². The van der Waals surface area contributed by atoms with E-state index in [1.807, 2.05) is 19.1 Å². The average molecular weight is 432 g/mol. The van der Waals surface area contributed by atoms with Gasteiger partial charge in [0.25, 0.3) is 0 Å². The number of alkyl halides is 3. The molecule has 2 aromatic carbocycles. The predicted molar refractivity (Wildman–Crippen MR) is 111 cm³/mol. The van der Waals surface area contributed by atoms with Gasteiger partial charge in [-0.2, -0.15) is 13.2 Å². The molecule has 3 aromatic rings. The number of aromatic amines is 1. The number of benzene rings is 2. The van der Waals surface area contributed by atoms with Crippen LogP contribution in [0, 0.1) is 5.41 Å². The third-order valence-electron chi connectivity index (χ3n) is 5.76. The molecule has 0 unspecified atom stereocenters. The molecular weight excluding hydrogens is 409 g/mol. The van der Waals surface area contributed by atoms with Crippen LogP contribution in [0.4, 0.5) is 18.9 Å². The Balaban J connectivity index is 1.39. The second-order valence-corrected chi connectivity index (χ2v) is 8.28. The van der Waals surface area contributed by atoms with Gasteiger partial charge in [-0.05, 0) is 48.7 Å². The minimum Gasteiger partial charge on any atom is -0.493 e. The van der Waals surface area contributed by atoms with E-state index in [0.29, 0.717) is 37.3 Å². The predicted octanol–water partition coefficient (Wildman–Crippen LogP) is 4.91. The second-order valence-electron chi connectivity index (χ2n) is 8.28. The Morgan fingerprint density at radius 1 is 1.23 bits per heavy atom. The molecule has 164 valence electrons. The van der Waals surface area contributed by atoms with Crippen LogP contribution in [-0.4, -0.2) is 28.7 Å². The lowest BCUT2D eigenvalue weighted by atomic mass is 9.67. The summed E-state index contributed by atoms with van der Waals surface area (Å²) >= 11 is 0. The van der Waals surface area contributed by atoms with Crippen molar-refractivity contribution in [3.05, 3.63) is 59.8 Å². The largest absolute Gasteiger partial charge is 0.493 e. The number of amides is 1. The van der Waals surface area contributed by atoms with Crippen molar-refractivity contribution in [2.24, 2.45) is 5.41 Å². The van der Waals surface area contributed by atoms with Crippen molar-refractivity contribution in [2.75, 3.05) is 11.9 Å². The summed E-state index contributed by atoms with van der Waals surface area (Å²) in [6.07, 6.45) is -1.70. The summed E-state index contributed by atoms with van der Waals surface area (Å²) in [4.78, 5) is 15.7. The molecule has 31 heavy (non-hydrogen) atoms. The van der Waals surface area contributed by atoms with Crippen LogP contribution in [0.2, 0.25) is 0 Å². The third kappa shape index (κ3) is 4.54. The number of aliphatic hydroxyl groups is 1. The maximum absolute atomic E-state index is 12.6. The highest BCUT2D eigenvalue weighted by molar-refractivity contribution is 6.04. The van der Waals surface area contributed by atoms with Gasteiger partial charge in [-0.1, -0.05) is 19.1 Å². The summed E-state index contributed by atoms with van der Waals surface area (Å²) in [5.74, 6) is 0.465. The first-order chi connectivity index (χ1) is 14.6. The topological polar surface area (TPSA) is 74.4 Å². The lowest BCUT2D eigenvalue weighted by Crippen LogP contribution is -2.47. The molecule has 0 atom stereocenters. The van der Waals surface area contributed by atoms with E-state index in [-0.39, 0.29) is 5.91 Å². The van der Waals surface area contributed by atoms with Crippen molar-refractivity contribution in [3.8, 4) is 5.75 Å². The Hall–Kier alpha value is -3.00. The summed E-state index contributed by atoms with van der Waals surface area (Å²) in [6, 6.07) is 10.5. The van der Waals surface area contributed by atoms with Crippen LogP contribution in [-0.2, 0) is 17.4 Å². The molecule has 0 bridgehead atoms. The molecule has 0 radical (unpaired) electrons. The van der Waals surface area contributed by atoms with E-state index in [1.165, 1.54) is 12.1 Å². The molecule has 0 aliphatic heterocycles. The number of aromatic nitrogens is 1.